The van der Waals surface area contributed by atoms with E-state index in [0.29, 0.717) is 16.5 Å². The highest BCUT2D eigenvalue weighted by Gasteiger charge is 2.17. The molecule has 0 unspecified atom stereocenters. The summed E-state index contributed by atoms with van der Waals surface area (Å²) in [4.78, 5) is 15.8. The minimum Gasteiger partial charge on any atom is -0.497 e. The lowest BCUT2D eigenvalue weighted by molar-refractivity contribution is 0.102. The van der Waals surface area contributed by atoms with E-state index < -0.39 is 11.7 Å². The van der Waals surface area contributed by atoms with E-state index in [1.165, 1.54) is 25.4 Å². The zero-order chi connectivity index (χ0) is 15.4. The first kappa shape index (κ1) is 15.0. The number of hydrogen-bond donors (Lipinski definition) is 3. The SMILES string of the molecule is COc1ccc(Cl)c(NC(=O)c2ccnc(NN)c2F)c1. The number of nitrogen functional groups attached to an aromatic ring is 1. The number of hydrogen-bond acceptors (Lipinski definition) is 5. The first-order valence-electron chi connectivity index (χ1n) is 5.82. The summed E-state index contributed by atoms with van der Waals surface area (Å²) in [5, 5.41) is 2.81. The molecule has 0 aliphatic carbocycles. The summed E-state index contributed by atoms with van der Waals surface area (Å²) < 4.78 is 19.0. The number of nitrogens with one attached hydrogen (secondary N) is 2. The third-order valence-electron chi connectivity index (χ3n) is 2.69. The molecule has 1 aromatic carbocycles. The molecule has 6 nitrogen and oxygen atoms in total. The van der Waals surface area contributed by atoms with Gasteiger partial charge in [-0.05, 0) is 18.2 Å². The fourth-order valence-corrected chi connectivity index (χ4v) is 1.80. The van der Waals surface area contributed by atoms with Gasteiger partial charge < -0.3 is 15.5 Å². The molecule has 0 spiro atoms. The Balaban J connectivity index is 2.30. The van der Waals surface area contributed by atoms with E-state index in [9.17, 15) is 9.18 Å². The van der Waals surface area contributed by atoms with E-state index in [2.05, 4.69) is 15.7 Å². The largest absolute Gasteiger partial charge is 0.497 e. The number of nitrogens with two attached hydrogens (primary N) is 1. The normalized spacial score (nSPS) is 10.1. The molecule has 0 aliphatic heterocycles. The fourth-order valence-electron chi connectivity index (χ4n) is 1.64. The molecule has 1 aromatic heterocycles. The molecule has 4 N–H and O–H groups in total. The Morgan fingerprint density at radius 1 is 1.43 bits per heavy atom. The summed E-state index contributed by atoms with van der Waals surface area (Å²) in [6.45, 7) is 0. The van der Waals surface area contributed by atoms with Gasteiger partial charge in [0.2, 0.25) is 0 Å². The summed E-state index contributed by atoms with van der Waals surface area (Å²) in [5.74, 6) is 3.87. The van der Waals surface area contributed by atoms with Crippen molar-refractivity contribution in [1.29, 1.82) is 0 Å². The van der Waals surface area contributed by atoms with Gasteiger partial charge >= 0.3 is 0 Å². The number of rotatable bonds is 4. The van der Waals surface area contributed by atoms with Gasteiger partial charge in [0.05, 0.1) is 23.4 Å². The van der Waals surface area contributed by atoms with Gasteiger partial charge in [-0.25, -0.2) is 15.2 Å². The molecule has 1 heterocycles. The zero-order valence-corrected chi connectivity index (χ0v) is 11.7. The number of methoxy groups -OCH3 is 1. The van der Waals surface area contributed by atoms with Crippen LogP contribution < -0.4 is 21.3 Å². The second-order valence-corrected chi connectivity index (χ2v) is 4.37. The van der Waals surface area contributed by atoms with E-state index in [-0.39, 0.29) is 11.4 Å². The molecule has 0 saturated carbocycles. The van der Waals surface area contributed by atoms with Gasteiger partial charge in [0, 0.05) is 12.3 Å². The van der Waals surface area contributed by atoms with Crippen molar-refractivity contribution in [3.63, 3.8) is 0 Å². The van der Waals surface area contributed by atoms with Gasteiger partial charge in [0.25, 0.3) is 5.91 Å². The number of hydrazine groups is 1. The minimum absolute atomic E-state index is 0.211. The average molecular weight is 311 g/mol. The number of benzene rings is 1. The van der Waals surface area contributed by atoms with Gasteiger partial charge in [-0.15, -0.1) is 0 Å². The molecule has 0 bridgehead atoms. The second kappa shape index (κ2) is 6.38. The average Bonchev–Trinajstić information content (AvgIpc) is 2.49. The zero-order valence-electron chi connectivity index (χ0n) is 11.0. The van der Waals surface area contributed by atoms with Crippen molar-refractivity contribution in [2.75, 3.05) is 17.9 Å². The van der Waals surface area contributed by atoms with Crippen molar-refractivity contribution < 1.29 is 13.9 Å². The van der Waals surface area contributed by atoms with E-state index in [0.717, 1.165) is 0 Å². The van der Waals surface area contributed by atoms with Gasteiger partial charge in [0.1, 0.15) is 5.75 Å². The molecular formula is C13H12ClFN4O2. The number of amides is 1. The van der Waals surface area contributed by atoms with Gasteiger partial charge in [-0.2, -0.15) is 0 Å². The van der Waals surface area contributed by atoms with Crippen LogP contribution in [0, 0.1) is 5.82 Å². The van der Waals surface area contributed by atoms with E-state index in [1.54, 1.807) is 12.1 Å². The molecule has 110 valence electrons. The highest BCUT2D eigenvalue weighted by atomic mass is 35.5. The number of halogens is 2. The third kappa shape index (κ3) is 3.21. The summed E-state index contributed by atoms with van der Waals surface area (Å²) in [6, 6.07) is 5.97. The quantitative estimate of drug-likeness (QED) is 0.596. The fraction of sp³-hybridized carbons (Fsp3) is 0.0769. The van der Waals surface area contributed by atoms with Crippen molar-refractivity contribution in [2.24, 2.45) is 5.84 Å². The maximum atomic E-state index is 13.9. The molecule has 0 atom stereocenters. The van der Waals surface area contributed by atoms with Gasteiger partial charge in [0.15, 0.2) is 11.6 Å². The highest BCUT2D eigenvalue weighted by Crippen LogP contribution is 2.27. The molecule has 21 heavy (non-hydrogen) atoms. The lowest BCUT2D eigenvalue weighted by atomic mass is 10.2. The predicted molar refractivity (Wildman–Crippen MR) is 78.0 cm³/mol. The monoisotopic (exact) mass is 310 g/mol. The summed E-state index contributed by atoms with van der Waals surface area (Å²) in [5.41, 5.74) is 2.17. The molecule has 0 saturated heterocycles. The van der Waals surface area contributed by atoms with Crippen molar-refractivity contribution >= 4 is 29.0 Å². The number of carbonyl (C=O) groups excluding carboxylic acids is 1. The summed E-state index contributed by atoms with van der Waals surface area (Å²) in [6.07, 6.45) is 1.26. The molecule has 2 rings (SSSR count). The van der Waals surface area contributed by atoms with Crippen LogP contribution in [0.5, 0.6) is 5.75 Å². The number of anilines is 2. The number of carbonyl (C=O) groups is 1. The number of ether oxygens (including phenoxy) is 1. The number of pyridine rings is 1. The second-order valence-electron chi connectivity index (χ2n) is 3.97. The van der Waals surface area contributed by atoms with Gasteiger partial charge in [-0.1, -0.05) is 11.6 Å². The summed E-state index contributed by atoms with van der Waals surface area (Å²) in [7, 11) is 1.48. The Morgan fingerprint density at radius 2 is 2.19 bits per heavy atom. The van der Waals surface area contributed by atoms with Crippen molar-refractivity contribution in [1.82, 2.24) is 4.98 Å². The Labute approximate surface area is 125 Å². The molecule has 2 aromatic rings. The maximum Gasteiger partial charge on any atom is 0.258 e. The van der Waals surface area contributed by atoms with Gasteiger partial charge in [-0.3, -0.25) is 4.79 Å². The maximum absolute atomic E-state index is 13.9. The van der Waals surface area contributed by atoms with Crippen LogP contribution in [0.4, 0.5) is 15.9 Å². The smallest absolute Gasteiger partial charge is 0.258 e. The van der Waals surface area contributed by atoms with E-state index in [4.69, 9.17) is 22.2 Å². The van der Waals surface area contributed by atoms with Crippen LogP contribution in [0.15, 0.2) is 30.5 Å². The van der Waals surface area contributed by atoms with E-state index in [1.807, 2.05) is 0 Å². The summed E-state index contributed by atoms with van der Waals surface area (Å²) >= 11 is 5.97. The third-order valence-corrected chi connectivity index (χ3v) is 3.02. The number of aromatic nitrogens is 1. The Kier molecular flexibility index (Phi) is 4.56. The molecular weight excluding hydrogens is 299 g/mol. The molecule has 8 heteroatoms. The van der Waals surface area contributed by atoms with Crippen LogP contribution >= 0.6 is 11.6 Å². The van der Waals surface area contributed by atoms with Crippen LogP contribution in [0.2, 0.25) is 5.02 Å². The van der Waals surface area contributed by atoms with Crippen LogP contribution in [0.1, 0.15) is 10.4 Å². The predicted octanol–water partition coefficient (Wildman–Crippen LogP) is 2.42. The first-order chi connectivity index (χ1) is 10.1. The highest BCUT2D eigenvalue weighted by molar-refractivity contribution is 6.34. The van der Waals surface area contributed by atoms with Crippen molar-refractivity contribution in [2.45, 2.75) is 0 Å². The van der Waals surface area contributed by atoms with E-state index >= 15 is 0 Å². The number of nitrogens with zero attached hydrogens (tertiary/aromatic N) is 1. The minimum atomic E-state index is -0.850. The van der Waals surface area contributed by atoms with Crippen molar-refractivity contribution in [3.8, 4) is 5.75 Å². The lowest BCUT2D eigenvalue weighted by Gasteiger charge is -2.10. The molecule has 1 amide bonds. The topological polar surface area (TPSA) is 89.3 Å². The van der Waals surface area contributed by atoms with Crippen molar-refractivity contribution in [3.05, 3.63) is 46.9 Å². The van der Waals surface area contributed by atoms with Crippen LogP contribution in [-0.2, 0) is 0 Å². The Bertz CT molecular complexity index is 681. The van der Waals surface area contributed by atoms with Crippen LogP contribution in [-0.4, -0.2) is 18.0 Å². The molecule has 0 fully saturated rings. The first-order valence-corrected chi connectivity index (χ1v) is 6.20. The Hall–Kier alpha value is -2.38. The molecule has 0 radical (unpaired) electrons. The lowest BCUT2D eigenvalue weighted by Crippen LogP contribution is -2.17. The standard InChI is InChI=1S/C13H12ClFN4O2/c1-21-7-2-3-9(14)10(6-7)18-13(20)8-4-5-17-12(19-16)11(8)15/h2-6H,16H2,1H3,(H,17,19)(H,18,20). The Morgan fingerprint density at radius 3 is 2.86 bits per heavy atom. The van der Waals surface area contributed by atoms with Crippen LogP contribution in [0.3, 0.4) is 0 Å². The molecule has 0 aliphatic rings. The van der Waals surface area contributed by atoms with Crippen LogP contribution in [0.25, 0.3) is 0 Å².